The molecule has 0 aromatic heterocycles. The van der Waals surface area contributed by atoms with Crippen LogP contribution in [-0.4, -0.2) is 17.6 Å². The van der Waals surface area contributed by atoms with Crippen molar-refractivity contribution in [2.75, 3.05) is 11.4 Å². The maximum atomic E-state index is 11.4. The second-order valence-corrected chi connectivity index (χ2v) is 6.09. The van der Waals surface area contributed by atoms with Gasteiger partial charge in [-0.1, -0.05) is 46.3 Å². The number of hydrogen-bond acceptors (Lipinski definition) is 3. The van der Waals surface area contributed by atoms with E-state index in [1.807, 2.05) is 41.3 Å². The summed E-state index contributed by atoms with van der Waals surface area (Å²) in [5.74, 6) is -0.676. The highest BCUT2D eigenvalue weighted by Crippen LogP contribution is 2.38. The van der Waals surface area contributed by atoms with Crippen LogP contribution in [0.25, 0.3) is 6.08 Å². The summed E-state index contributed by atoms with van der Waals surface area (Å²) >= 11 is 3.42. The molecule has 112 valence electrons. The van der Waals surface area contributed by atoms with Gasteiger partial charge >= 0.3 is 0 Å². The van der Waals surface area contributed by atoms with Crippen molar-refractivity contribution in [1.82, 2.24) is 0 Å². The maximum absolute atomic E-state index is 11.4. The Labute approximate surface area is 137 Å². The van der Waals surface area contributed by atoms with Crippen LogP contribution in [0.4, 0.5) is 5.69 Å². The van der Waals surface area contributed by atoms with Crippen LogP contribution in [0, 0.1) is 0 Å². The molecule has 2 aromatic rings. The number of nitrogens with two attached hydrogens (primary N) is 1. The third kappa shape index (κ3) is 2.72. The lowest BCUT2D eigenvalue weighted by molar-refractivity contribution is 0.0998. The molecule has 0 aliphatic carbocycles. The minimum atomic E-state index is -0.626. The van der Waals surface area contributed by atoms with E-state index in [1.165, 1.54) is 0 Å². The smallest absolute Gasteiger partial charge is 0.252 e. The molecule has 0 saturated carbocycles. The van der Waals surface area contributed by atoms with E-state index >= 15 is 0 Å². The van der Waals surface area contributed by atoms with E-state index in [1.54, 1.807) is 12.1 Å². The van der Waals surface area contributed by atoms with Crippen molar-refractivity contribution in [3.8, 4) is 5.75 Å². The fraction of sp³-hybridized carbons (Fsp3) is 0.118. The van der Waals surface area contributed by atoms with Gasteiger partial charge in [-0.3, -0.25) is 4.79 Å². The first-order valence-electron chi connectivity index (χ1n) is 6.88. The minimum absolute atomic E-state index is 0.0496. The Balaban J connectivity index is 1.99. The summed E-state index contributed by atoms with van der Waals surface area (Å²) in [6, 6.07) is 11.4. The first-order chi connectivity index (χ1) is 10.6. The van der Waals surface area contributed by atoms with Gasteiger partial charge in [0.1, 0.15) is 0 Å². The van der Waals surface area contributed by atoms with E-state index in [0.29, 0.717) is 18.8 Å². The summed E-state index contributed by atoms with van der Waals surface area (Å²) in [6.45, 7) is 1.30. The number of amides is 1. The first-order valence-corrected chi connectivity index (χ1v) is 7.67. The van der Waals surface area contributed by atoms with Gasteiger partial charge in [-0.25, -0.2) is 0 Å². The van der Waals surface area contributed by atoms with Crippen molar-refractivity contribution in [1.29, 1.82) is 0 Å². The molecule has 0 saturated heterocycles. The predicted molar refractivity (Wildman–Crippen MR) is 90.9 cm³/mol. The lowest BCUT2D eigenvalue weighted by atomic mass is 10.0. The quantitative estimate of drug-likeness (QED) is 0.884. The number of primary amides is 1. The van der Waals surface area contributed by atoms with Gasteiger partial charge in [0.05, 0.1) is 11.3 Å². The Hall–Kier alpha value is -2.27. The monoisotopic (exact) mass is 358 g/mol. The van der Waals surface area contributed by atoms with Crippen molar-refractivity contribution < 1.29 is 9.90 Å². The van der Waals surface area contributed by atoms with E-state index < -0.39 is 5.91 Å². The van der Waals surface area contributed by atoms with Crippen molar-refractivity contribution in [3.63, 3.8) is 0 Å². The van der Waals surface area contributed by atoms with Gasteiger partial charge in [-0.2, -0.15) is 0 Å². The van der Waals surface area contributed by atoms with Gasteiger partial charge in [-0.15, -0.1) is 0 Å². The maximum Gasteiger partial charge on any atom is 0.252 e. The normalized spacial score (nSPS) is 13.0. The highest BCUT2D eigenvalue weighted by molar-refractivity contribution is 9.10. The number of halogens is 1. The van der Waals surface area contributed by atoms with E-state index in [-0.39, 0.29) is 11.3 Å². The minimum Gasteiger partial charge on any atom is -0.505 e. The van der Waals surface area contributed by atoms with Crippen molar-refractivity contribution in [2.45, 2.75) is 6.54 Å². The zero-order valence-electron chi connectivity index (χ0n) is 11.8. The number of hydrogen-bond donors (Lipinski definition) is 2. The Bertz CT molecular complexity index is 754. The predicted octanol–water partition coefficient (Wildman–Crippen LogP) is 3.29. The number of fused-ring (bicyclic) bond motifs is 1. The van der Waals surface area contributed by atoms with Crippen molar-refractivity contribution in [3.05, 3.63) is 63.6 Å². The van der Waals surface area contributed by atoms with E-state index in [4.69, 9.17) is 5.73 Å². The largest absolute Gasteiger partial charge is 0.505 e. The summed E-state index contributed by atoms with van der Waals surface area (Å²) < 4.78 is 1.02. The lowest BCUT2D eigenvalue weighted by Gasteiger charge is -2.29. The Morgan fingerprint density at radius 3 is 2.64 bits per heavy atom. The second-order valence-electron chi connectivity index (χ2n) is 5.17. The SMILES string of the molecule is NC(=O)c1ccc2c(c1O)N(Cc1ccc(Br)cc1)CC=C2. The van der Waals surface area contributed by atoms with E-state index in [9.17, 15) is 9.90 Å². The number of aromatic hydroxyl groups is 1. The van der Waals surface area contributed by atoms with Gasteiger partial charge in [0.15, 0.2) is 5.75 Å². The number of phenols is 1. The van der Waals surface area contributed by atoms with Gasteiger partial charge < -0.3 is 15.7 Å². The second kappa shape index (κ2) is 5.85. The Morgan fingerprint density at radius 2 is 1.95 bits per heavy atom. The molecule has 1 amide bonds. The highest BCUT2D eigenvalue weighted by Gasteiger charge is 2.21. The zero-order valence-corrected chi connectivity index (χ0v) is 13.4. The molecule has 0 radical (unpaired) electrons. The molecule has 1 aliphatic heterocycles. The molecule has 2 aromatic carbocycles. The summed E-state index contributed by atoms with van der Waals surface area (Å²) in [5, 5.41) is 10.4. The third-order valence-electron chi connectivity index (χ3n) is 3.67. The molecule has 5 heteroatoms. The van der Waals surface area contributed by atoms with Gasteiger partial charge in [0.25, 0.3) is 5.91 Å². The van der Waals surface area contributed by atoms with Crippen molar-refractivity contribution in [2.24, 2.45) is 5.73 Å². The van der Waals surface area contributed by atoms with Crippen LogP contribution in [0.2, 0.25) is 0 Å². The summed E-state index contributed by atoms with van der Waals surface area (Å²) in [7, 11) is 0. The first kappa shape index (κ1) is 14.7. The van der Waals surface area contributed by atoms with Crippen LogP contribution in [0.15, 0.2) is 46.9 Å². The van der Waals surface area contributed by atoms with Crippen LogP contribution in [0.5, 0.6) is 5.75 Å². The van der Waals surface area contributed by atoms with Crippen LogP contribution < -0.4 is 10.6 Å². The topological polar surface area (TPSA) is 66.6 Å². The Morgan fingerprint density at radius 1 is 1.23 bits per heavy atom. The number of anilines is 1. The van der Waals surface area contributed by atoms with Gasteiger partial charge in [0.2, 0.25) is 0 Å². The molecule has 3 N–H and O–H groups in total. The molecule has 1 heterocycles. The zero-order chi connectivity index (χ0) is 15.7. The molecule has 1 aliphatic rings. The number of carbonyl (C=O) groups is 1. The highest BCUT2D eigenvalue weighted by atomic mass is 79.9. The number of rotatable bonds is 3. The molecule has 0 spiro atoms. The van der Waals surface area contributed by atoms with Gasteiger partial charge in [0, 0.05) is 23.1 Å². The Kier molecular flexibility index (Phi) is 3.90. The fourth-order valence-corrected chi connectivity index (χ4v) is 2.88. The molecule has 4 nitrogen and oxygen atoms in total. The standard InChI is InChI=1S/C17H15BrN2O2/c18-13-6-3-11(4-7-13)10-20-9-1-2-12-5-8-14(17(19)22)16(21)15(12)20/h1-8,21H,9-10H2,(H2,19,22). The van der Waals surface area contributed by atoms with E-state index in [0.717, 1.165) is 15.6 Å². The number of carbonyl (C=O) groups excluding carboxylic acids is 1. The molecule has 0 bridgehead atoms. The molecule has 0 unspecified atom stereocenters. The van der Waals surface area contributed by atoms with Crippen molar-refractivity contribution >= 4 is 33.6 Å². The molecule has 0 fully saturated rings. The molecule has 22 heavy (non-hydrogen) atoms. The summed E-state index contributed by atoms with van der Waals surface area (Å²) in [5.41, 5.74) is 8.12. The molecular formula is C17H15BrN2O2. The van der Waals surface area contributed by atoms with Crippen LogP contribution in [-0.2, 0) is 6.54 Å². The number of nitrogens with zero attached hydrogens (tertiary/aromatic N) is 1. The molecular weight excluding hydrogens is 344 g/mol. The van der Waals surface area contributed by atoms with Crippen LogP contribution in [0.3, 0.4) is 0 Å². The van der Waals surface area contributed by atoms with Crippen LogP contribution in [0.1, 0.15) is 21.5 Å². The molecule has 3 rings (SSSR count). The third-order valence-corrected chi connectivity index (χ3v) is 4.20. The van der Waals surface area contributed by atoms with Gasteiger partial charge in [-0.05, 0) is 23.8 Å². The lowest BCUT2D eigenvalue weighted by Crippen LogP contribution is -2.26. The summed E-state index contributed by atoms with van der Waals surface area (Å²) in [6.07, 6.45) is 3.97. The average Bonchev–Trinajstić information content (AvgIpc) is 2.49. The average molecular weight is 359 g/mol. The summed E-state index contributed by atoms with van der Waals surface area (Å²) in [4.78, 5) is 13.5. The molecule has 0 atom stereocenters. The van der Waals surface area contributed by atoms with Crippen LogP contribution >= 0.6 is 15.9 Å². The van der Waals surface area contributed by atoms with E-state index in [2.05, 4.69) is 15.9 Å². The fourth-order valence-electron chi connectivity index (χ4n) is 2.61. The number of benzene rings is 2.